The van der Waals surface area contributed by atoms with Gasteiger partial charge in [0.2, 0.25) is 5.91 Å². The van der Waals surface area contributed by atoms with Gasteiger partial charge in [-0.3, -0.25) is 9.59 Å². The molecule has 0 aliphatic heterocycles. The normalized spacial score (nSPS) is 10.6. The van der Waals surface area contributed by atoms with Crippen molar-refractivity contribution in [3.63, 3.8) is 0 Å². The molecule has 3 nitrogen and oxygen atoms in total. The number of rotatable bonds is 6. The van der Waals surface area contributed by atoms with E-state index in [4.69, 9.17) is 0 Å². The number of carbonyl (C=O) groups is 2. The number of ketones is 1. The number of hydrogen-bond donors (Lipinski definition) is 0. The first-order valence-electron chi connectivity index (χ1n) is 8.06. The summed E-state index contributed by atoms with van der Waals surface area (Å²) >= 11 is 3.30. The van der Waals surface area contributed by atoms with Crippen LogP contribution >= 0.6 is 15.9 Å². The van der Waals surface area contributed by atoms with E-state index < -0.39 is 0 Å². The third-order valence-electron chi connectivity index (χ3n) is 4.10. The Morgan fingerprint density at radius 2 is 1.80 bits per heavy atom. The van der Waals surface area contributed by atoms with Gasteiger partial charge in [-0.2, -0.15) is 0 Å². The Labute approximate surface area is 156 Å². The predicted octanol–water partition coefficient (Wildman–Crippen LogP) is 4.83. The van der Waals surface area contributed by atoms with Gasteiger partial charge in [-0.15, -0.1) is 0 Å². The Kier molecular flexibility index (Phi) is 6.48. The Morgan fingerprint density at radius 1 is 1.08 bits per heavy atom. The van der Waals surface area contributed by atoms with Gasteiger partial charge in [0.25, 0.3) is 0 Å². The highest BCUT2D eigenvalue weighted by molar-refractivity contribution is 9.10. The number of nitrogens with zero attached hydrogens (tertiary/aromatic N) is 1. The number of carbonyl (C=O) groups excluding carboxylic acids is 2. The first-order chi connectivity index (χ1) is 11.8. The minimum atomic E-state index is -0.352. The minimum absolute atomic E-state index is 0.0448. The van der Waals surface area contributed by atoms with Gasteiger partial charge in [-0.05, 0) is 43.7 Å². The van der Waals surface area contributed by atoms with E-state index in [1.807, 2.05) is 32.0 Å². The van der Waals surface area contributed by atoms with Crippen LogP contribution in [0.4, 0.5) is 4.39 Å². The molecule has 0 N–H and O–H groups in total. The lowest BCUT2D eigenvalue weighted by molar-refractivity contribution is -0.130. The molecule has 0 unspecified atom stereocenters. The van der Waals surface area contributed by atoms with E-state index in [0.717, 1.165) is 15.6 Å². The van der Waals surface area contributed by atoms with Gasteiger partial charge in [-0.25, -0.2) is 4.39 Å². The molecule has 1 amide bonds. The van der Waals surface area contributed by atoms with Crippen molar-refractivity contribution in [1.29, 1.82) is 0 Å². The molecule has 25 heavy (non-hydrogen) atoms. The van der Waals surface area contributed by atoms with Crippen molar-refractivity contribution in [2.45, 2.75) is 33.2 Å². The summed E-state index contributed by atoms with van der Waals surface area (Å²) in [5, 5.41) is 0. The maximum absolute atomic E-state index is 13.8. The molecule has 0 heterocycles. The van der Waals surface area contributed by atoms with Crippen molar-refractivity contribution in [2.75, 3.05) is 7.05 Å². The lowest BCUT2D eigenvalue weighted by Crippen LogP contribution is -2.27. The number of amides is 1. The molecule has 0 radical (unpaired) electrons. The van der Waals surface area contributed by atoms with Crippen LogP contribution in [0, 0.1) is 19.7 Å². The van der Waals surface area contributed by atoms with Crippen LogP contribution in [0.5, 0.6) is 0 Å². The molecule has 5 heteroatoms. The lowest BCUT2D eigenvalue weighted by Gasteiger charge is -2.18. The average Bonchev–Trinajstić information content (AvgIpc) is 2.57. The van der Waals surface area contributed by atoms with Gasteiger partial charge in [-0.1, -0.05) is 33.6 Å². The van der Waals surface area contributed by atoms with Crippen LogP contribution in [-0.4, -0.2) is 23.6 Å². The van der Waals surface area contributed by atoms with E-state index in [1.54, 1.807) is 19.2 Å². The number of Topliss-reactive ketones (excluding diaryl/α,β-unsaturated/α-hetero) is 1. The molecule has 0 aromatic heterocycles. The van der Waals surface area contributed by atoms with Crippen molar-refractivity contribution in [2.24, 2.45) is 0 Å². The molecule has 2 rings (SSSR count). The lowest BCUT2D eigenvalue weighted by atomic mass is 9.99. The van der Waals surface area contributed by atoms with E-state index in [1.165, 1.54) is 11.0 Å². The van der Waals surface area contributed by atoms with E-state index >= 15 is 0 Å². The molecule has 0 saturated heterocycles. The van der Waals surface area contributed by atoms with Gasteiger partial charge < -0.3 is 4.90 Å². The standard InChI is InChI=1S/C20H21BrFNO2/c1-13-4-5-14(2)17(10-13)19(24)8-9-20(25)23(3)12-15-11-16(21)6-7-18(15)22/h4-7,10-11H,8-9,12H2,1-3H3. The fourth-order valence-corrected chi connectivity index (χ4v) is 3.00. The highest BCUT2D eigenvalue weighted by atomic mass is 79.9. The van der Waals surface area contributed by atoms with Gasteiger partial charge in [0.05, 0.1) is 0 Å². The monoisotopic (exact) mass is 405 g/mol. The number of aryl methyl sites for hydroxylation is 2. The molecule has 0 saturated carbocycles. The molecule has 0 spiro atoms. The minimum Gasteiger partial charge on any atom is -0.341 e. The molecule has 2 aromatic carbocycles. The zero-order chi connectivity index (χ0) is 18.6. The Morgan fingerprint density at radius 3 is 2.52 bits per heavy atom. The van der Waals surface area contributed by atoms with Crippen LogP contribution in [0.15, 0.2) is 40.9 Å². The molecule has 0 bridgehead atoms. The fourth-order valence-electron chi connectivity index (χ4n) is 2.59. The summed E-state index contributed by atoms with van der Waals surface area (Å²) in [4.78, 5) is 26.1. The van der Waals surface area contributed by atoms with Crippen LogP contribution in [0.25, 0.3) is 0 Å². The van der Waals surface area contributed by atoms with Gasteiger partial charge in [0.1, 0.15) is 5.82 Å². The number of benzene rings is 2. The largest absolute Gasteiger partial charge is 0.341 e. The first-order valence-corrected chi connectivity index (χ1v) is 8.85. The van der Waals surface area contributed by atoms with E-state index in [-0.39, 0.29) is 36.9 Å². The molecule has 2 aromatic rings. The highest BCUT2D eigenvalue weighted by Gasteiger charge is 2.16. The zero-order valence-corrected chi connectivity index (χ0v) is 16.2. The van der Waals surface area contributed by atoms with Gasteiger partial charge in [0, 0.05) is 42.0 Å². The highest BCUT2D eigenvalue weighted by Crippen LogP contribution is 2.18. The molecule has 0 fully saturated rings. The summed E-state index contributed by atoms with van der Waals surface area (Å²) in [6.45, 7) is 3.99. The molecule has 0 aliphatic carbocycles. The van der Waals surface area contributed by atoms with E-state index in [9.17, 15) is 14.0 Å². The van der Waals surface area contributed by atoms with E-state index in [2.05, 4.69) is 15.9 Å². The summed E-state index contributed by atoms with van der Waals surface area (Å²) in [5.74, 6) is -0.580. The number of halogens is 2. The second kappa shape index (κ2) is 8.39. The quantitative estimate of drug-likeness (QED) is 0.645. The summed E-state index contributed by atoms with van der Waals surface area (Å²) in [5.41, 5.74) is 3.02. The van der Waals surface area contributed by atoms with Crippen molar-refractivity contribution in [3.8, 4) is 0 Å². The Hall–Kier alpha value is -2.01. The average molecular weight is 406 g/mol. The molecular formula is C20H21BrFNO2. The third-order valence-corrected chi connectivity index (χ3v) is 4.59. The van der Waals surface area contributed by atoms with E-state index in [0.29, 0.717) is 11.1 Å². The SMILES string of the molecule is Cc1ccc(C)c(C(=O)CCC(=O)N(C)Cc2cc(Br)ccc2F)c1. The second-order valence-electron chi connectivity index (χ2n) is 6.23. The van der Waals surface area contributed by atoms with Crippen LogP contribution in [0.3, 0.4) is 0 Å². The summed E-state index contributed by atoms with van der Waals surface area (Å²) < 4.78 is 14.6. The second-order valence-corrected chi connectivity index (χ2v) is 7.14. The van der Waals surface area contributed by atoms with Crippen molar-refractivity contribution < 1.29 is 14.0 Å². The van der Waals surface area contributed by atoms with Crippen LogP contribution < -0.4 is 0 Å². The zero-order valence-electron chi connectivity index (χ0n) is 14.6. The summed E-state index contributed by atoms with van der Waals surface area (Å²) in [6, 6.07) is 10.3. The van der Waals surface area contributed by atoms with Crippen molar-refractivity contribution >= 4 is 27.6 Å². The van der Waals surface area contributed by atoms with Crippen LogP contribution in [0.2, 0.25) is 0 Å². The number of hydrogen-bond acceptors (Lipinski definition) is 2. The molecule has 0 atom stereocenters. The Bertz CT molecular complexity index is 804. The topological polar surface area (TPSA) is 37.4 Å². The Balaban J connectivity index is 1.96. The fraction of sp³-hybridized carbons (Fsp3) is 0.300. The maximum Gasteiger partial charge on any atom is 0.223 e. The van der Waals surface area contributed by atoms with Crippen LogP contribution in [0.1, 0.15) is 39.9 Å². The predicted molar refractivity (Wildman–Crippen MR) is 100 cm³/mol. The summed E-state index contributed by atoms with van der Waals surface area (Å²) in [7, 11) is 1.62. The van der Waals surface area contributed by atoms with Crippen molar-refractivity contribution in [3.05, 3.63) is 68.9 Å². The third kappa shape index (κ3) is 5.23. The van der Waals surface area contributed by atoms with Crippen LogP contribution in [-0.2, 0) is 11.3 Å². The van der Waals surface area contributed by atoms with Gasteiger partial charge >= 0.3 is 0 Å². The molecule has 0 aliphatic rings. The van der Waals surface area contributed by atoms with Gasteiger partial charge in [0.15, 0.2) is 5.78 Å². The van der Waals surface area contributed by atoms with Crippen molar-refractivity contribution in [1.82, 2.24) is 4.90 Å². The molecular weight excluding hydrogens is 385 g/mol. The first kappa shape index (κ1) is 19.3. The smallest absolute Gasteiger partial charge is 0.223 e. The molecule has 132 valence electrons. The summed E-state index contributed by atoms with van der Waals surface area (Å²) in [6.07, 6.45) is 0.257. The maximum atomic E-state index is 13.8.